The van der Waals surface area contributed by atoms with Crippen LogP contribution in [0.3, 0.4) is 0 Å². The summed E-state index contributed by atoms with van der Waals surface area (Å²) in [5.41, 5.74) is -0.677. The van der Waals surface area contributed by atoms with Crippen LogP contribution in [0, 0.1) is 0 Å². The molecule has 0 spiro atoms. The van der Waals surface area contributed by atoms with Crippen molar-refractivity contribution < 1.29 is 13.2 Å². The number of thioether (sulfide) groups is 1. The largest absolute Gasteiger partial charge is 0.416 e. The maximum atomic E-state index is 12.7. The number of aromatic nitrogens is 1. The van der Waals surface area contributed by atoms with Crippen LogP contribution in [0.4, 0.5) is 19.0 Å². The molecule has 0 bridgehead atoms. The van der Waals surface area contributed by atoms with Gasteiger partial charge in [0.25, 0.3) is 0 Å². The van der Waals surface area contributed by atoms with Gasteiger partial charge < -0.3 is 5.32 Å². The van der Waals surface area contributed by atoms with E-state index in [0.717, 1.165) is 12.1 Å². The van der Waals surface area contributed by atoms with Crippen LogP contribution in [0.1, 0.15) is 26.3 Å². The SMILES string of the molecule is CNc1cc(C(F)(F)F)cc(SC(C)(C)C)n1. The van der Waals surface area contributed by atoms with E-state index in [0.29, 0.717) is 5.03 Å². The third kappa shape index (κ3) is 4.46. The molecule has 0 radical (unpaired) electrons. The minimum atomic E-state index is -4.35. The van der Waals surface area contributed by atoms with Crippen LogP contribution in [-0.2, 0) is 6.18 Å². The lowest BCUT2D eigenvalue weighted by Crippen LogP contribution is -2.11. The molecular formula is C11H15F3N2S. The summed E-state index contributed by atoms with van der Waals surface area (Å²) in [6.45, 7) is 5.79. The number of anilines is 1. The lowest BCUT2D eigenvalue weighted by atomic mass is 10.2. The highest BCUT2D eigenvalue weighted by Crippen LogP contribution is 2.36. The van der Waals surface area contributed by atoms with E-state index >= 15 is 0 Å². The Morgan fingerprint density at radius 3 is 2.18 bits per heavy atom. The van der Waals surface area contributed by atoms with Gasteiger partial charge in [-0.15, -0.1) is 11.8 Å². The smallest absolute Gasteiger partial charge is 0.373 e. The normalized spacial score (nSPS) is 12.6. The standard InChI is InChI=1S/C11H15F3N2S/c1-10(2,3)17-9-6-7(11(12,13)14)5-8(15-4)16-9/h5-6H,1-4H3,(H,15,16). The summed E-state index contributed by atoms with van der Waals surface area (Å²) in [5, 5.41) is 3.01. The van der Waals surface area contributed by atoms with Crippen molar-refractivity contribution in [2.24, 2.45) is 0 Å². The van der Waals surface area contributed by atoms with Gasteiger partial charge in [0.05, 0.1) is 10.6 Å². The van der Waals surface area contributed by atoms with Crippen molar-refractivity contribution in [2.45, 2.75) is 36.7 Å². The Bertz CT molecular complexity index is 397. The second-order valence-electron chi connectivity index (χ2n) is 4.54. The van der Waals surface area contributed by atoms with Crippen LogP contribution in [0.2, 0.25) is 0 Å². The number of rotatable bonds is 2. The van der Waals surface area contributed by atoms with Gasteiger partial charge >= 0.3 is 6.18 Å². The van der Waals surface area contributed by atoms with Crippen molar-refractivity contribution in [3.63, 3.8) is 0 Å². The topological polar surface area (TPSA) is 24.9 Å². The Kier molecular flexibility index (Phi) is 3.96. The molecule has 2 nitrogen and oxygen atoms in total. The zero-order chi connectivity index (χ0) is 13.3. The Balaban J connectivity index is 3.15. The Morgan fingerprint density at radius 1 is 1.18 bits per heavy atom. The van der Waals surface area contributed by atoms with Gasteiger partial charge in [0.2, 0.25) is 0 Å². The molecule has 6 heteroatoms. The van der Waals surface area contributed by atoms with Crippen LogP contribution in [-0.4, -0.2) is 16.8 Å². The van der Waals surface area contributed by atoms with Gasteiger partial charge in [-0.05, 0) is 12.1 Å². The molecule has 0 fully saturated rings. The molecule has 1 aromatic rings. The number of hydrogen-bond acceptors (Lipinski definition) is 3. The molecule has 0 aliphatic rings. The van der Waals surface area contributed by atoms with Crippen molar-refractivity contribution >= 4 is 17.6 Å². The van der Waals surface area contributed by atoms with E-state index in [4.69, 9.17) is 0 Å². The number of pyridine rings is 1. The summed E-state index contributed by atoms with van der Waals surface area (Å²) in [7, 11) is 1.55. The monoisotopic (exact) mass is 264 g/mol. The quantitative estimate of drug-likeness (QED) is 0.816. The molecule has 0 aromatic carbocycles. The first-order chi connectivity index (χ1) is 7.62. The van der Waals surface area contributed by atoms with Crippen molar-refractivity contribution in [3.05, 3.63) is 17.7 Å². The van der Waals surface area contributed by atoms with E-state index in [-0.39, 0.29) is 10.6 Å². The number of nitrogens with one attached hydrogen (secondary N) is 1. The number of alkyl halides is 3. The summed E-state index contributed by atoms with van der Waals surface area (Å²) in [6.07, 6.45) is -4.35. The minimum Gasteiger partial charge on any atom is -0.373 e. The summed E-state index contributed by atoms with van der Waals surface area (Å²) in [5.74, 6) is 0.228. The highest BCUT2D eigenvalue weighted by Gasteiger charge is 2.32. The molecule has 0 unspecified atom stereocenters. The molecule has 1 aromatic heterocycles. The van der Waals surface area contributed by atoms with Crippen LogP contribution >= 0.6 is 11.8 Å². The zero-order valence-corrected chi connectivity index (χ0v) is 11.0. The van der Waals surface area contributed by atoms with Gasteiger partial charge in [-0.2, -0.15) is 13.2 Å². The average molecular weight is 264 g/mol. The second-order valence-corrected chi connectivity index (χ2v) is 6.39. The summed E-state index contributed by atoms with van der Waals surface area (Å²) < 4.78 is 37.8. The molecule has 1 N–H and O–H groups in total. The van der Waals surface area contributed by atoms with Gasteiger partial charge in [-0.3, -0.25) is 0 Å². The number of hydrogen-bond donors (Lipinski definition) is 1. The molecule has 0 saturated heterocycles. The van der Waals surface area contributed by atoms with E-state index in [9.17, 15) is 13.2 Å². The summed E-state index contributed by atoms with van der Waals surface area (Å²) in [6, 6.07) is 2.09. The van der Waals surface area contributed by atoms with Gasteiger partial charge in [0.15, 0.2) is 0 Å². The Hall–Kier alpha value is -0.910. The lowest BCUT2D eigenvalue weighted by molar-refractivity contribution is -0.137. The Morgan fingerprint density at radius 2 is 1.76 bits per heavy atom. The second kappa shape index (κ2) is 4.76. The predicted octanol–water partition coefficient (Wildman–Crippen LogP) is 4.03. The summed E-state index contributed by atoms with van der Waals surface area (Å²) >= 11 is 1.31. The van der Waals surface area contributed by atoms with E-state index in [1.54, 1.807) is 7.05 Å². The van der Waals surface area contributed by atoms with Gasteiger partial charge in [0, 0.05) is 11.8 Å². The third-order valence-corrected chi connectivity index (χ3v) is 2.83. The lowest BCUT2D eigenvalue weighted by Gasteiger charge is -2.18. The molecule has 1 rings (SSSR count). The van der Waals surface area contributed by atoms with Crippen molar-refractivity contribution in [1.82, 2.24) is 4.98 Å². The van der Waals surface area contributed by atoms with Crippen molar-refractivity contribution in [1.29, 1.82) is 0 Å². The molecule has 96 valence electrons. The fourth-order valence-corrected chi connectivity index (χ4v) is 2.12. The Labute approximate surface area is 103 Å². The molecule has 17 heavy (non-hydrogen) atoms. The maximum Gasteiger partial charge on any atom is 0.416 e. The van der Waals surface area contributed by atoms with Gasteiger partial charge in [-0.25, -0.2) is 4.98 Å². The average Bonchev–Trinajstić information content (AvgIpc) is 2.13. The zero-order valence-electron chi connectivity index (χ0n) is 10.1. The molecular weight excluding hydrogens is 249 g/mol. The molecule has 0 saturated carbocycles. The highest BCUT2D eigenvalue weighted by atomic mass is 32.2. The molecule has 0 aliphatic heterocycles. The number of nitrogens with zero attached hydrogens (tertiary/aromatic N) is 1. The first kappa shape index (κ1) is 14.2. The van der Waals surface area contributed by atoms with Crippen LogP contribution in [0.15, 0.2) is 17.2 Å². The highest BCUT2D eigenvalue weighted by molar-refractivity contribution is 8.00. The fourth-order valence-electron chi connectivity index (χ4n) is 1.16. The van der Waals surface area contributed by atoms with Gasteiger partial charge in [-0.1, -0.05) is 20.8 Å². The minimum absolute atomic E-state index is 0.178. The fraction of sp³-hybridized carbons (Fsp3) is 0.545. The van der Waals surface area contributed by atoms with E-state index in [1.165, 1.54) is 11.8 Å². The first-order valence-corrected chi connectivity index (χ1v) is 5.89. The maximum absolute atomic E-state index is 12.7. The van der Waals surface area contributed by atoms with Crippen LogP contribution in [0.5, 0.6) is 0 Å². The van der Waals surface area contributed by atoms with Crippen molar-refractivity contribution in [3.8, 4) is 0 Å². The molecule has 0 atom stereocenters. The first-order valence-electron chi connectivity index (χ1n) is 5.08. The predicted molar refractivity (Wildman–Crippen MR) is 64.4 cm³/mol. The summed E-state index contributed by atoms with van der Waals surface area (Å²) in [4.78, 5) is 4.10. The number of halogens is 3. The van der Waals surface area contributed by atoms with E-state index in [2.05, 4.69) is 10.3 Å². The third-order valence-electron chi connectivity index (χ3n) is 1.80. The molecule has 1 heterocycles. The van der Waals surface area contributed by atoms with Crippen molar-refractivity contribution in [2.75, 3.05) is 12.4 Å². The van der Waals surface area contributed by atoms with E-state index in [1.807, 2.05) is 20.8 Å². The van der Waals surface area contributed by atoms with Gasteiger partial charge in [0.1, 0.15) is 5.82 Å². The van der Waals surface area contributed by atoms with Crippen LogP contribution in [0.25, 0.3) is 0 Å². The van der Waals surface area contributed by atoms with E-state index < -0.39 is 11.7 Å². The van der Waals surface area contributed by atoms with Crippen LogP contribution < -0.4 is 5.32 Å². The molecule has 0 aliphatic carbocycles. The molecule has 0 amide bonds.